The fraction of sp³-hybridized carbons (Fsp3) is 0.810. The van der Waals surface area contributed by atoms with Crippen molar-refractivity contribution < 1.29 is 23.9 Å². The van der Waals surface area contributed by atoms with E-state index in [1.165, 1.54) is 13.8 Å². The maximum atomic E-state index is 12.2. The third-order valence-electron chi connectivity index (χ3n) is 4.46. The minimum atomic E-state index is -0.214. The van der Waals surface area contributed by atoms with Crippen LogP contribution in [0.25, 0.3) is 0 Å². The van der Waals surface area contributed by atoms with Crippen molar-refractivity contribution in [2.45, 2.75) is 40.2 Å². The number of ether oxygens (including phenoxy) is 1. The lowest BCUT2D eigenvalue weighted by Crippen LogP contribution is -2.45. The molecule has 0 unspecified atom stereocenters. The number of carbonyl (C=O) groups excluding carboxylic acids is 4. The highest BCUT2D eigenvalue weighted by Crippen LogP contribution is 2.04. The number of likely N-dealkylation sites (N-methyl/N-ethyl adjacent to an activating group) is 1. The van der Waals surface area contributed by atoms with Gasteiger partial charge in [0.1, 0.15) is 0 Å². The number of nitrogens with zero attached hydrogens (tertiary/aromatic N) is 1. The third kappa shape index (κ3) is 17.4. The van der Waals surface area contributed by atoms with E-state index in [1.807, 2.05) is 4.90 Å². The maximum Gasteiger partial charge on any atom is 0.237 e. The Morgan fingerprint density at radius 1 is 0.812 bits per heavy atom. The predicted octanol–water partition coefficient (Wildman–Crippen LogP) is -1.56. The van der Waals surface area contributed by atoms with E-state index in [-0.39, 0.29) is 36.2 Å². The lowest BCUT2D eigenvalue weighted by Gasteiger charge is -2.22. The summed E-state index contributed by atoms with van der Waals surface area (Å²) in [6.07, 6.45) is 0.766. The molecule has 0 aromatic rings. The van der Waals surface area contributed by atoms with Gasteiger partial charge in [-0.05, 0) is 19.4 Å². The molecule has 0 aliphatic rings. The first-order chi connectivity index (χ1) is 15.1. The van der Waals surface area contributed by atoms with Crippen LogP contribution in [-0.4, -0.2) is 101 Å². The van der Waals surface area contributed by atoms with Crippen LogP contribution in [-0.2, 0) is 23.9 Å². The number of rotatable bonds is 18. The van der Waals surface area contributed by atoms with Gasteiger partial charge in [-0.15, -0.1) is 0 Å². The zero-order valence-electron chi connectivity index (χ0n) is 20.2. The topological polar surface area (TPSA) is 141 Å². The highest BCUT2D eigenvalue weighted by Gasteiger charge is 2.16. The largest absolute Gasteiger partial charge is 0.378 e. The van der Waals surface area contributed by atoms with Gasteiger partial charge in [0.25, 0.3) is 0 Å². The summed E-state index contributed by atoms with van der Waals surface area (Å²) in [5.41, 5.74) is 0. The molecule has 4 amide bonds. The molecule has 0 saturated carbocycles. The van der Waals surface area contributed by atoms with Crippen molar-refractivity contribution in [3.63, 3.8) is 0 Å². The summed E-state index contributed by atoms with van der Waals surface area (Å²) in [7, 11) is 1.77. The van der Waals surface area contributed by atoms with Crippen LogP contribution in [0.15, 0.2) is 0 Å². The highest BCUT2D eigenvalue weighted by atomic mass is 16.5. The van der Waals surface area contributed by atoms with Crippen molar-refractivity contribution in [3.8, 4) is 0 Å². The van der Waals surface area contributed by atoms with Crippen molar-refractivity contribution in [2.75, 3.05) is 66.1 Å². The van der Waals surface area contributed by atoms with E-state index in [9.17, 15) is 19.2 Å². The average Bonchev–Trinajstić information content (AvgIpc) is 2.70. The average molecular weight is 459 g/mol. The summed E-state index contributed by atoms with van der Waals surface area (Å²) >= 11 is 0. The summed E-state index contributed by atoms with van der Waals surface area (Å²) in [4.78, 5) is 48.2. The lowest BCUT2D eigenvalue weighted by atomic mass is 10.0. The molecule has 5 N–H and O–H groups in total. The van der Waals surface area contributed by atoms with Crippen molar-refractivity contribution in [1.29, 1.82) is 0 Å². The molecule has 0 saturated heterocycles. The normalized spacial score (nSPS) is 11.8. The van der Waals surface area contributed by atoms with Crippen LogP contribution in [0, 0.1) is 5.92 Å². The minimum Gasteiger partial charge on any atom is -0.378 e. The van der Waals surface area contributed by atoms with Crippen LogP contribution in [0.3, 0.4) is 0 Å². The first kappa shape index (κ1) is 29.8. The Labute approximate surface area is 191 Å². The Morgan fingerprint density at radius 2 is 1.34 bits per heavy atom. The first-order valence-corrected chi connectivity index (χ1v) is 11.2. The molecule has 0 aromatic carbocycles. The molecular weight excluding hydrogens is 416 g/mol. The van der Waals surface area contributed by atoms with Crippen molar-refractivity contribution in [1.82, 2.24) is 31.5 Å². The van der Waals surface area contributed by atoms with E-state index in [2.05, 4.69) is 40.4 Å². The van der Waals surface area contributed by atoms with Crippen molar-refractivity contribution in [3.05, 3.63) is 0 Å². The van der Waals surface area contributed by atoms with Gasteiger partial charge in [-0.2, -0.15) is 0 Å². The molecule has 0 radical (unpaired) electrons. The van der Waals surface area contributed by atoms with Gasteiger partial charge in [-0.25, -0.2) is 0 Å². The van der Waals surface area contributed by atoms with Gasteiger partial charge in [-0.3, -0.25) is 24.1 Å². The summed E-state index contributed by atoms with van der Waals surface area (Å²) in [5.74, 6) is -0.0587. The van der Waals surface area contributed by atoms with Gasteiger partial charge in [0.2, 0.25) is 23.6 Å². The number of carbonyl (C=O) groups is 4. The lowest BCUT2D eigenvalue weighted by molar-refractivity contribution is -0.124. The van der Waals surface area contributed by atoms with Gasteiger partial charge >= 0.3 is 0 Å². The van der Waals surface area contributed by atoms with Crippen molar-refractivity contribution >= 4 is 23.6 Å². The van der Waals surface area contributed by atoms with Gasteiger partial charge < -0.3 is 31.3 Å². The van der Waals surface area contributed by atoms with Gasteiger partial charge in [0.15, 0.2) is 0 Å². The van der Waals surface area contributed by atoms with E-state index in [0.717, 1.165) is 6.42 Å². The van der Waals surface area contributed by atoms with Crippen molar-refractivity contribution in [2.24, 2.45) is 5.92 Å². The number of hydrogen-bond donors (Lipinski definition) is 5. The summed E-state index contributed by atoms with van der Waals surface area (Å²) < 4.78 is 5.46. The second-order valence-corrected chi connectivity index (χ2v) is 7.97. The van der Waals surface area contributed by atoms with Crippen LogP contribution >= 0.6 is 0 Å². The monoisotopic (exact) mass is 458 g/mol. The molecule has 32 heavy (non-hydrogen) atoms. The van der Waals surface area contributed by atoms with E-state index >= 15 is 0 Å². The molecule has 0 spiro atoms. The van der Waals surface area contributed by atoms with Crippen LogP contribution in [0.5, 0.6) is 0 Å². The molecule has 1 atom stereocenters. The molecule has 0 fully saturated rings. The molecule has 0 heterocycles. The number of hydrogen-bond acceptors (Lipinski definition) is 7. The Hall–Kier alpha value is -2.24. The fourth-order valence-corrected chi connectivity index (χ4v) is 2.87. The zero-order chi connectivity index (χ0) is 24.4. The molecule has 0 rings (SSSR count). The highest BCUT2D eigenvalue weighted by molar-refractivity contribution is 5.81. The molecule has 0 aliphatic heterocycles. The molecule has 0 bridgehead atoms. The molecule has 0 aliphatic carbocycles. The fourth-order valence-electron chi connectivity index (χ4n) is 2.87. The van der Waals surface area contributed by atoms with Gasteiger partial charge in [-0.1, -0.05) is 13.8 Å². The summed E-state index contributed by atoms with van der Waals surface area (Å²) in [5, 5.41) is 14.0. The van der Waals surface area contributed by atoms with Gasteiger partial charge in [0, 0.05) is 53.1 Å². The van der Waals surface area contributed by atoms with Crippen LogP contribution < -0.4 is 26.6 Å². The quantitative estimate of drug-likeness (QED) is 0.157. The van der Waals surface area contributed by atoms with E-state index in [0.29, 0.717) is 58.4 Å². The third-order valence-corrected chi connectivity index (χ3v) is 4.46. The number of nitrogens with one attached hydrogen (secondary N) is 5. The summed E-state index contributed by atoms with van der Waals surface area (Å²) in [6.45, 7) is 10.4. The standard InChI is InChI=1S/C21H42N6O5/c1-16(2)14-19(22-5)21(31)26-9-13-32-12-8-25-20(30)15-27(10-6-23-17(3)28)11-7-24-18(4)29/h16,19,22H,6-15H2,1-5H3,(H,23,28)(H,24,29)(H,25,30)(H,26,31)/t19-/m0/s1. The SMILES string of the molecule is CN[C@@H](CC(C)C)C(=O)NCCOCCNC(=O)CN(CCNC(C)=O)CCNC(C)=O. The van der Waals surface area contributed by atoms with E-state index < -0.39 is 0 Å². The van der Waals surface area contributed by atoms with Crippen LogP contribution in [0.1, 0.15) is 34.1 Å². The second kappa shape index (κ2) is 18.3. The Balaban J connectivity index is 4.05. The first-order valence-electron chi connectivity index (χ1n) is 11.2. The minimum absolute atomic E-state index is 0.0447. The predicted molar refractivity (Wildman–Crippen MR) is 123 cm³/mol. The van der Waals surface area contributed by atoms with Gasteiger partial charge in [0.05, 0.1) is 25.8 Å². The number of amides is 4. The Bertz CT molecular complexity index is 553. The second-order valence-electron chi connectivity index (χ2n) is 7.97. The maximum absolute atomic E-state index is 12.2. The smallest absolute Gasteiger partial charge is 0.237 e. The molecular formula is C21H42N6O5. The van der Waals surface area contributed by atoms with Crippen LogP contribution in [0.4, 0.5) is 0 Å². The van der Waals surface area contributed by atoms with E-state index in [1.54, 1.807) is 7.05 Å². The molecule has 11 nitrogen and oxygen atoms in total. The molecule has 0 aromatic heterocycles. The molecule has 11 heteroatoms. The Kier molecular flexibility index (Phi) is 17.1. The van der Waals surface area contributed by atoms with Crippen LogP contribution in [0.2, 0.25) is 0 Å². The summed E-state index contributed by atoms with van der Waals surface area (Å²) in [6, 6.07) is -0.214. The van der Waals surface area contributed by atoms with E-state index in [4.69, 9.17) is 4.74 Å². The zero-order valence-corrected chi connectivity index (χ0v) is 20.2. The Morgan fingerprint density at radius 3 is 1.81 bits per heavy atom. The molecule has 186 valence electrons.